The van der Waals surface area contributed by atoms with E-state index in [1.165, 1.54) is 0 Å². The Hall–Kier alpha value is -2.56. The van der Waals surface area contributed by atoms with Crippen molar-refractivity contribution in [1.82, 2.24) is 9.88 Å². The number of hydrogen-bond donors (Lipinski definition) is 1. The third-order valence-corrected chi connectivity index (χ3v) is 4.06. The smallest absolute Gasteiger partial charge is 0.340 e. The van der Waals surface area contributed by atoms with Crippen molar-refractivity contribution in [3.63, 3.8) is 0 Å². The lowest BCUT2D eigenvalue weighted by Gasteiger charge is -2.15. The second kappa shape index (κ2) is 8.01. The molecule has 5 nitrogen and oxygen atoms in total. The second-order valence-corrected chi connectivity index (χ2v) is 6.57. The highest BCUT2D eigenvalue weighted by Crippen LogP contribution is 2.18. The number of nitrogens with one attached hydrogen (secondary N) is 1. The zero-order valence-corrected chi connectivity index (χ0v) is 15.5. The van der Waals surface area contributed by atoms with Crippen LogP contribution in [-0.2, 0) is 16.1 Å². The topological polar surface area (TPSA) is 60.3 Å². The molecule has 0 aliphatic carbocycles. The molecule has 2 rings (SSSR count). The fourth-order valence-electron chi connectivity index (χ4n) is 2.70. The van der Waals surface area contributed by atoms with Gasteiger partial charge in [-0.3, -0.25) is 4.79 Å². The van der Waals surface area contributed by atoms with Gasteiger partial charge in [0.2, 0.25) is 0 Å². The van der Waals surface area contributed by atoms with Gasteiger partial charge in [-0.2, -0.15) is 0 Å². The Kier molecular flexibility index (Phi) is 6.02. The first kappa shape index (κ1) is 18.8. The predicted octanol–water partition coefficient (Wildman–Crippen LogP) is 3.22. The molecule has 2 aromatic rings. The summed E-state index contributed by atoms with van der Waals surface area (Å²) >= 11 is 0. The van der Waals surface area contributed by atoms with Gasteiger partial charge in [-0.15, -0.1) is 0 Å². The Labute approximate surface area is 149 Å². The van der Waals surface area contributed by atoms with Gasteiger partial charge in [0.05, 0.1) is 5.56 Å². The number of rotatable bonds is 6. The number of aromatic nitrogens is 1. The van der Waals surface area contributed by atoms with Crippen molar-refractivity contribution in [2.75, 3.05) is 0 Å². The zero-order chi connectivity index (χ0) is 18.6. The van der Waals surface area contributed by atoms with Gasteiger partial charge in [-0.05, 0) is 46.2 Å². The van der Waals surface area contributed by atoms with E-state index in [4.69, 9.17) is 4.74 Å². The van der Waals surface area contributed by atoms with Gasteiger partial charge >= 0.3 is 5.97 Å². The van der Waals surface area contributed by atoms with E-state index < -0.39 is 12.1 Å². The molecule has 134 valence electrons. The summed E-state index contributed by atoms with van der Waals surface area (Å²) in [4.78, 5) is 24.4. The largest absolute Gasteiger partial charge is 0.449 e. The molecule has 0 fully saturated rings. The minimum Gasteiger partial charge on any atom is -0.449 e. The Bertz CT molecular complexity index is 748. The fraction of sp³-hybridized carbons (Fsp3) is 0.400. The van der Waals surface area contributed by atoms with E-state index in [0.717, 1.165) is 17.0 Å². The van der Waals surface area contributed by atoms with Gasteiger partial charge < -0.3 is 14.6 Å². The van der Waals surface area contributed by atoms with Crippen molar-refractivity contribution in [1.29, 1.82) is 0 Å². The highest BCUT2D eigenvalue weighted by molar-refractivity contribution is 5.93. The van der Waals surface area contributed by atoms with Gasteiger partial charge in [0.15, 0.2) is 6.10 Å². The summed E-state index contributed by atoms with van der Waals surface area (Å²) in [7, 11) is 0. The lowest BCUT2D eigenvalue weighted by Crippen LogP contribution is -2.39. The first-order valence-electron chi connectivity index (χ1n) is 8.51. The highest BCUT2D eigenvalue weighted by Gasteiger charge is 2.22. The summed E-state index contributed by atoms with van der Waals surface area (Å²) < 4.78 is 7.41. The van der Waals surface area contributed by atoms with Crippen LogP contribution in [0.3, 0.4) is 0 Å². The lowest BCUT2D eigenvalue weighted by atomic mass is 10.2. The van der Waals surface area contributed by atoms with E-state index in [9.17, 15) is 9.59 Å². The number of aryl methyl sites for hydroxylation is 1. The van der Waals surface area contributed by atoms with Gasteiger partial charge in [-0.25, -0.2) is 4.79 Å². The molecule has 1 atom stereocenters. The molecular formula is C20H26N2O3. The molecule has 1 aromatic heterocycles. The molecule has 0 bridgehead atoms. The number of hydrogen-bond acceptors (Lipinski definition) is 3. The molecule has 1 amide bonds. The normalized spacial score (nSPS) is 12.1. The average Bonchev–Trinajstić information content (AvgIpc) is 2.83. The van der Waals surface area contributed by atoms with Gasteiger partial charge in [0.1, 0.15) is 0 Å². The summed E-state index contributed by atoms with van der Waals surface area (Å²) in [6.07, 6.45) is -0.827. The standard InChI is InChI=1S/C20H26N2O3/c1-13(2)21-19(23)16(5)25-20(24)18-11-14(3)22(15(18)4)12-17-9-7-6-8-10-17/h6-11,13,16H,12H2,1-5H3,(H,21,23)/t16-/m0/s1. The molecule has 0 spiro atoms. The maximum atomic E-state index is 12.5. The monoisotopic (exact) mass is 342 g/mol. The van der Waals surface area contributed by atoms with Crippen LogP contribution >= 0.6 is 0 Å². The minimum atomic E-state index is -0.827. The zero-order valence-electron chi connectivity index (χ0n) is 15.5. The third-order valence-electron chi connectivity index (χ3n) is 4.06. The molecule has 0 aliphatic rings. The van der Waals surface area contributed by atoms with Crippen LogP contribution in [0.5, 0.6) is 0 Å². The van der Waals surface area contributed by atoms with Gasteiger partial charge in [0.25, 0.3) is 5.91 Å². The van der Waals surface area contributed by atoms with Crippen molar-refractivity contribution in [3.8, 4) is 0 Å². The van der Waals surface area contributed by atoms with Crippen molar-refractivity contribution in [3.05, 3.63) is 58.9 Å². The maximum absolute atomic E-state index is 12.5. The third kappa shape index (κ3) is 4.72. The summed E-state index contributed by atoms with van der Waals surface area (Å²) in [6, 6.07) is 11.9. The van der Waals surface area contributed by atoms with E-state index >= 15 is 0 Å². The first-order chi connectivity index (χ1) is 11.8. The molecule has 1 aromatic carbocycles. The summed E-state index contributed by atoms with van der Waals surface area (Å²) in [5.74, 6) is -0.764. The van der Waals surface area contributed by atoms with Crippen molar-refractivity contribution in [2.45, 2.75) is 53.3 Å². The van der Waals surface area contributed by atoms with Crippen molar-refractivity contribution >= 4 is 11.9 Å². The Morgan fingerprint density at radius 2 is 1.76 bits per heavy atom. The van der Waals surface area contributed by atoms with Crippen LogP contribution in [0.25, 0.3) is 0 Å². The second-order valence-electron chi connectivity index (χ2n) is 6.57. The highest BCUT2D eigenvalue weighted by atomic mass is 16.5. The minimum absolute atomic E-state index is 0.00425. The molecular weight excluding hydrogens is 316 g/mol. The van der Waals surface area contributed by atoms with Crippen LogP contribution < -0.4 is 5.32 Å². The van der Waals surface area contributed by atoms with Crippen LogP contribution in [0.1, 0.15) is 48.1 Å². The SMILES string of the molecule is Cc1cc(C(=O)O[C@@H](C)C(=O)NC(C)C)c(C)n1Cc1ccccc1. The molecule has 0 unspecified atom stereocenters. The number of amides is 1. The lowest BCUT2D eigenvalue weighted by molar-refractivity contribution is -0.129. The van der Waals surface area contributed by atoms with E-state index in [0.29, 0.717) is 12.1 Å². The van der Waals surface area contributed by atoms with Crippen molar-refractivity contribution < 1.29 is 14.3 Å². The number of carbonyl (C=O) groups is 2. The Morgan fingerprint density at radius 3 is 2.36 bits per heavy atom. The number of esters is 1. The molecule has 0 aliphatic heterocycles. The molecule has 0 radical (unpaired) electrons. The fourth-order valence-corrected chi connectivity index (χ4v) is 2.70. The average molecular weight is 342 g/mol. The molecule has 1 heterocycles. The van der Waals surface area contributed by atoms with Gasteiger partial charge in [0, 0.05) is 24.0 Å². The Morgan fingerprint density at radius 1 is 1.12 bits per heavy atom. The van der Waals surface area contributed by atoms with Crippen LogP contribution in [-0.4, -0.2) is 28.6 Å². The molecule has 0 saturated heterocycles. The van der Waals surface area contributed by atoms with E-state index in [-0.39, 0.29) is 11.9 Å². The number of ether oxygens (including phenoxy) is 1. The van der Waals surface area contributed by atoms with Gasteiger partial charge in [-0.1, -0.05) is 30.3 Å². The number of carbonyl (C=O) groups excluding carboxylic acids is 2. The summed E-state index contributed by atoms with van der Waals surface area (Å²) in [5, 5.41) is 2.74. The summed E-state index contributed by atoms with van der Waals surface area (Å²) in [5.41, 5.74) is 3.47. The molecule has 5 heteroatoms. The predicted molar refractivity (Wildman–Crippen MR) is 97.6 cm³/mol. The van der Waals surface area contributed by atoms with E-state index in [2.05, 4.69) is 22.0 Å². The quantitative estimate of drug-likeness (QED) is 0.820. The number of nitrogens with zero attached hydrogens (tertiary/aromatic N) is 1. The molecule has 0 saturated carbocycles. The Balaban J connectivity index is 2.13. The number of benzene rings is 1. The van der Waals surface area contributed by atoms with Crippen LogP contribution in [0.2, 0.25) is 0 Å². The summed E-state index contributed by atoms with van der Waals surface area (Å²) in [6.45, 7) is 9.86. The first-order valence-corrected chi connectivity index (χ1v) is 8.51. The maximum Gasteiger partial charge on any atom is 0.340 e. The molecule has 25 heavy (non-hydrogen) atoms. The van der Waals surface area contributed by atoms with Crippen LogP contribution in [0, 0.1) is 13.8 Å². The molecule has 1 N–H and O–H groups in total. The van der Waals surface area contributed by atoms with E-state index in [1.54, 1.807) is 6.92 Å². The van der Waals surface area contributed by atoms with Crippen LogP contribution in [0.4, 0.5) is 0 Å². The van der Waals surface area contributed by atoms with Crippen LogP contribution in [0.15, 0.2) is 36.4 Å². The van der Waals surface area contributed by atoms with E-state index in [1.807, 2.05) is 52.0 Å². The van der Waals surface area contributed by atoms with Crippen molar-refractivity contribution in [2.24, 2.45) is 0 Å².